The number of allylic oxidation sites excluding steroid dienone is 1. The number of piperazine rings is 1. The first kappa shape index (κ1) is 20.4. The van der Waals surface area contributed by atoms with E-state index in [0.29, 0.717) is 6.61 Å². The van der Waals surface area contributed by atoms with Crippen LogP contribution in [0.1, 0.15) is 23.6 Å². The molecule has 1 N–H and O–H groups in total. The summed E-state index contributed by atoms with van der Waals surface area (Å²) in [4.78, 5) is 2.50. The molecule has 0 aromatic heterocycles. The van der Waals surface area contributed by atoms with Crippen molar-refractivity contribution in [3.63, 3.8) is 0 Å². The molecule has 0 unspecified atom stereocenters. The summed E-state index contributed by atoms with van der Waals surface area (Å²) in [6.07, 6.45) is 0. The van der Waals surface area contributed by atoms with Gasteiger partial charge in [0.05, 0.1) is 0 Å². The molecule has 0 aliphatic carbocycles. The molecule has 0 radical (unpaired) electrons. The Balaban J connectivity index is 1.31. The summed E-state index contributed by atoms with van der Waals surface area (Å²) in [5, 5.41) is 3.40. The zero-order chi connectivity index (χ0) is 20.8. The molecule has 1 fully saturated rings. The molecule has 30 heavy (non-hydrogen) atoms. The number of hydrogen-bond acceptors (Lipinski definition) is 3. The van der Waals surface area contributed by atoms with E-state index < -0.39 is 0 Å². The van der Waals surface area contributed by atoms with E-state index in [-0.39, 0.29) is 0 Å². The van der Waals surface area contributed by atoms with Gasteiger partial charge in [0.2, 0.25) is 0 Å². The third-order valence-corrected chi connectivity index (χ3v) is 5.61. The topological polar surface area (TPSA) is 24.5 Å². The summed E-state index contributed by atoms with van der Waals surface area (Å²) in [6.45, 7) is 12.1. The van der Waals surface area contributed by atoms with Crippen molar-refractivity contribution in [3.8, 4) is 16.9 Å². The lowest BCUT2D eigenvalue weighted by molar-refractivity contribution is 0.233. The molecule has 154 valence electrons. The second kappa shape index (κ2) is 9.75. The van der Waals surface area contributed by atoms with Crippen molar-refractivity contribution in [3.05, 3.63) is 96.1 Å². The van der Waals surface area contributed by atoms with Gasteiger partial charge in [-0.1, -0.05) is 72.8 Å². The summed E-state index contributed by atoms with van der Waals surface area (Å²) < 4.78 is 5.99. The highest BCUT2D eigenvalue weighted by Gasteiger charge is 2.09. The first-order chi connectivity index (χ1) is 14.7. The van der Waals surface area contributed by atoms with Gasteiger partial charge < -0.3 is 10.1 Å². The number of hydrogen-bond donors (Lipinski definition) is 1. The third-order valence-electron chi connectivity index (χ3n) is 5.61. The highest BCUT2D eigenvalue weighted by molar-refractivity contribution is 5.69. The SMILES string of the molecule is C=C(C)c1ccc(-c2ccc(OCc3ccc(CN4CCNCC4)cc3)cc2)cc1. The molecular formula is C27H30N2O. The average Bonchev–Trinajstić information content (AvgIpc) is 2.80. The zero-order valence-corrected chi connectivity index (χ0v) is 17.7. The van der Waals surface area contributed by atoms with Gasteiger partial charge in [0.15, 0.2) is 0 Å². The monoisotopic (exact) mass is 398 g/mol. The number of benzene rings is 3. The minimum absolute atomic E-state index is 0.584. The molecule has 0 bridgehead atoms. The van der Waals surface area contributed by atoms with Crippen LogP contribution in [-0.2, 0) is 13.2 Å². The van der Waals surface area contributed by atoms with Gasteiger partial charge in [-0.05, 0) is 46.9 Å². The standard InChI is InChI=1S/C27H30N2O/c1-21(2)24-7-9-25(10-8-24)26-11-13-27(14-12-26)30-20-23-5-3-22(4-6-23)19-29-17-15-28-16-18-29/h3-14,28H,1,15-20H2,2H3. The van der Waals surface area contributed by atoms with Crippen molar-refractivity contribution >= 4 is 5.57 Å². The molecule has 0 amide bonds. The van der Waals surface area contributed by atoms with Gasteiger partial charge in [-0.15, -0.1) is 0 Å². The zero-order valence-electron chi connectivity index (χ0n) is 17.7. The van der Waals surface area contributed by atoms with Crippen LogP contribution in [0.5, 0.6) is 5.75 Å². The summed E-state index contributed by atoms with van der Waals surface area (Å²) in [5.74, 6) is 0.891. The molecule has 1 aliphatic heterocycles. The van der Waals surface area contributed by atoms with E-state index in [1.807, 2.05) is 19.1 Å². The van der Waals surface area contributed by atoms with Gasteiger partial charge >= 0.3 is 0 Å². The Hall–Kier alpha value is -2.88. The molecule has 0 spiro atoms. The minimum atomic E-state index is 0.584. The minimum Gasteiger partial charge on any atom is -0.489 e. The molecule has 1 aliphatic rings. The van der Waals surface area contributed by atoms with E-state index in [9.17, 15) is 0 Å². The van der Waals surface area contributed by atoms with Crippen LogP contribution in [0.2, 0.25) is 0 Å². The van der Waals surface area contributed by atoms with E-state index in [4.69, 9.17) is 4.74 Å². The quantitative estimate of drug-likeness (QED) is 0.579. The predicted octanol–water partition coefficient (Wildman–Crippen LogP) is 5.37. The lowest BCUT2D eigenvalue weighted by Gasteiger charge is -2.27. The van der Waals surface area contributed by atoms with Crippen LogP contribution in [0.25, 0.3) is 16.7 Å². The van der Waals surface area contributed by atoms with Crippen LogP contribution in [0, 0.1) is 0 Å². The molecule has 0 atom stereocenters. The number of nitrogens with one attached hydrogen (secondary N) is 1. The average molecular weight is 399 g/mol. The molecular weight excluding hydrogens is 368 g/mol. The molecule has 3 heteroatoms. The van der Waals surface area contributed by atoms with Crippen molar-refractivity contribution in [2.24, 2.45) is 0 Å². The Bertz CT molecular complexity index is 953. The molecule has 1 saturated heterocycles. The fourth-order valence-corrected chi connectivity index (χ4v) is 3.73. The van der Waals surface area contributed by atoms with Crippen LogP contribution in [-0.4, -0.2) is 31.1 Å². The first-order valence-electron chi connectivity index (χ1n) is 10.7. The van der Waals surface area contributed by atoms with Crippen molar-refractivity contribution < 1.29 is 4.74 Å². The molecule has 1 heterocycles. The molecule has 0 saturated carbocycles. The molecule has 3 nitrogen and oxygen atoms in total. The lowest BCUT2D eigenvalue weighted by atomic mass is 10.0. The summed E-state index contributed by atoms with van der Waals surface area (Å²) in [6, 6.07) is 25.6. The van der Waals surface area contributed by atoms with Gasteiger partial charge in [-0.3, -0.25) is 4.90 Å². The van der Waals surface area contributed by atoms with Gasteiger partial charge in [-0.25, -0.2) is 0 Å². The molecule has 4 rings (SSSR count). The van der Waals surface area contributed by atoms with Crippen LogP contribution >= 0.6 is 0 Å². The summed E-state index contributed by atoms with van der Waals surface area (Å²) in [7, 11) is 0. The maximum Gasteiger partial charge on any atom is 0.119 e. The van der Waals surface area contributed by atoms with Crippen molar-refractivity contribution in [1.82, 2.24) is 10.2 Å². The van der Waals surface area contributed by atoms with Gasteiger partial charge in [-0.2, -0.15) is 0 Å². The highest BCUT2D eigenvalue weighted by atomic mass is 16.5. The smallest absolute Gasteiger partial charge is 0.119 e. The lowest BCUT2D eigenvalue weighted by Crippen LogP contribution is -2.42. The highest BCUT2D eigenvalue weighted by Crippen LogP contribution is 2.24. The van der Waals surface area contributed by atoms with E-state index in [1.165, 1.54) is 27.8 Å². The van der Waals surface area contributed by atoms with Crippen molar-refractivity contribution in [2.75, 3.05) is 26.2 Å². The first-order valence-corrected chi connectivity index (χ1v) is 10.7. The van der Waals surface area contributed by atoms with Crippen molar-refractivity contribution in [1.29, 1.82) is 0 Å². The van der Waals surface area contributed by atoms with Crippen LogP contribution in [0.3, 0.4) is 0 Å². The number of rotatable bonds is 7. The Morgan fingerprint density at radius 1 is 0.833 bits per heavy atom. The Morgan fingerprint density at radius 2 is 1.40 bits per heavy atom. The molecule has 3 aromatic rings. The normalized spacial score (nSPS) is 14.4. The Morgan fingerprint density at radius 3 is 2.00 bits per heavy atom. The fourth-order valence-electron chi connectivity index (χ4n) is 3.73. The van der Waals surface area contributed by atoms with Gasteiger partial charge in [0.1, 0.15) is 12.4 Å². The number of nitrogens with zero attached hydrogens (tertiary/aromatic N) is 1. The Kier molecular flexibility index (Phi) is 6.63. The maximum atomic E-state index is 5.99. The predicted molar refractivity (Wildman–Crippen MR) is 126 cm³/mol. The largest absolute Gasteiger partial charge is 0.489 e. The fraction of sp³-hybridized carbons (Fsp3) is 0.259. The van der Waals surface area contributed by atoms with Crippen LogP contribution in [0.15, 0.2) is 79.4 Å². The van der Waals surface area contributed by atoms with Crippen LogP contribution < -0.4 is 10.1 Å². The van der Waals surface area contributed by atoms with Crippen LogP contribution in [0.4, 0.5) is 0 Å². The second-order valence-electron chi connectivity index (χ2n) is 8.01. The van der Waals surface area contributed by atoms with E-state index in [0.717, 1.165) is 44.0 Å². The van der Waals surface area contributed by atoms with E-state index in [2.05, 4.69) is 77.5 Å². The van der Waals surface area contributed by atoms with Crippen molar-refractivity contribution in [2.45, 2.75) is 20.1 Å². The summed E-state index contributed by atoms with van der Waals surface area (Å²) in [5.41, 5.74) is 7.21. The second-order valence-corrected chi connectivity index (χ2v) is 8.01. The van der Waals surface area contributed by atoms with E-state index in [1.54, 1.807) is 0 Å². The summed E-state index contributed by atoms with van der Waals surface area (Å²) >= 11 is 0. The third kappa shape index (κ3) is 5.38. The Labute approximate surface area is 180 Å². The van der Waals surface area contributed by atoms with Gasteiger partial charge in [0, 0.05) is 32.7 Å². The molecule has 3 aromatic carbocycles. The van der Waals surface area contributed by atoms with Gasteiger partial charge in [0.25, 0.3) is 0 Å². The number of ether oxygens (including phenoxy) is 1. The maximum absolute atomic E-state index is 5.99. The van der Waals surface area contributed by atoms with E-state index >= 15 is 0 Å².